The molecule has 2 rings (SSSR count). The molecule has 2 aromatic heterocycles. The van der Waals surface area contributed by atoms with Gasteiger partial charge in [-0.1, -0.05) is 6.07 Å². The Bertz CT molecular complexity index is 517. The Labute approximate surface area is 97.2 Å². The molecule has 0 N–H and O–H groups in total. The van der Waals surface area contributed by atoms with Crippen LogP contribution in [0.1, 0.15) is 16.3 Å². The Morgan fingerprint density at radius 2 is 2.38 bits per heavy atom. The van der Waals surface area contributed by atoms with Gasteiger partial charge in [0.25, 0.3) is 0 Å². The van der Waals surface area contributed by atoms with Crippen LogP contribution in [0.4, 0.5) is 0 Å². The highest BCUT2D eigenvalue weighted by molar-refractivity contribution is 7.09. The average Bonchev–Trinajstić information content (AvgIpc) is 2.78. The second-order valence-corrected chi connectivity index (χ2v) is 4.19. The van der Waals surface area contributed by atoms with Gasteiger partial charge in [0, 0.05) is 10.6 Å². The standard InChI is InChI=1S/C11H9N3OS/c1-8-5-9(6-12)14-11(13-8)15-7-10-3-2-4-16-10/h2-5H,7H2,1H3. The van der Waals surface area contributed by atoms with Crippen molar-refractivity contribution in [3.05, 3.63) is 39.8 Å². The largest absolute Gasteiger partial charge is 0.458 e. The van der Waals surface area contributed by atoms with Crippen LogP contribution in [0, 0.1) is 18.3 Å². The lowest BCUT2D eigenvalue weighted by Crippen LogP contribution is -2.00. The van der Waals surface area contributed by atoms with Gasteiger partial charge >= 0.3 is 6.01 Å². The van der Waals surface area contributed by atoms with Crippen LogP contribution >= 0.6 is 11.3 Å². The molecule has 80 valence electrons. The molecular weight excluding hydrogens is 222 g/mol. The fourth-order valence-corrected chi connectivity index (χ4v) is 1.81. The summed E-state index contributed by atoms with van der Waals surface area (Å²) in [5.74, 6) is 0. The molecular formula is C11H9N3OS. The third-order valence-electron chi connectivity index (χ3n) is 1.87. The Hall–Kier alpha value is -1.93. The van der Waals surface area contributed by atoms with E-state index in [1.807, 2.05) is 23.6 Å². The molecule has 4 nitrogen and oxygen atoms in total. The summed E-state index contributed by atoms with van der Waals surface area (Å²) in [4.78, 5) is 9.16. The summed E-state index contributed by atoms with van der Waals surface area (Å²) in [6.07, 6.45) is 0. The Balaban J connectivity index is 2.10. The second kappa shape index (κ2) is 4.73. The first-order valence-corrected chi connectivity index (χ1v) is 5.57. The Morgan fingerprint density at radius 1 is 1.50 bits per heavy atom. The zero-order valence-corrected chi connectivity index (χ0v) is 9.49. The fourth-order valence-electron chi connectivity index (χ4n) is 1.19. The van der Waals surface area contributed by atoms with Crippen LogP contribution in [0.3, 0.4) is 0 Å². The second-order valence-electron chi connectivity index (χ2n) is 3.16. The number of ether oxygens (including phenoxy) is 1. The minimum absolute atomic E-state index is 0.255. The van der Waals surface area contributed by atoms with E-state index in [2.05, 4.69) is 9.97 Å². The van der Waals surface area contributed by atoms with Crippen molar-refractivity contribution < 1.29 is 4.74 Å². The highest BCUT2D eigenvalue weighted by Gasteiger charge is 2.03. The third-order valence-corrected chi connectivity index (χ3v) is 2.72. The molecule has 0 saturated heterocycles. The maximum absolute atomic E-state index is 8.74. The van der Waals surface area contributed by atoms with Crippen LogP contribution in [-0.4, -0.2) is 9.97 Å². The third kappa shape index (κ3) is 2.55. The molecule has 0 spiro atoms. The topological polar surface area (TPSA) is 58.8 Å². The summed E-state index contributed by atoms with van der Waals surface area (Å²) in [6.45, 7) is 2.24. The maximum Gasteiger partial charge on any atom is 0.318 e. The van der Waals surface area contributed by atoms with Gasteiger partial charge in [0.15, 0.2) is 0 Å². The van der Waals surface area contributed by atoms with Crippen molar-refractivity contribution in [1.29, 1.82) is 5.26 Å². The predicted octanol–water partition coefficient (Wildman–Crippen LogP) is 2.30. The van der Waals surface area contributed by atoms with Crippen molar-refractivity contribution in [3.8, 4) is 12.1 Å². The van der Waals surface area contributed by atoms with E-state index in [1.165, 1.54) is 0 Å². The normalized spacial score (nSPS) is 9.75. The molecule has 0 amide bonds. The number of rotatable bonds is 3. The quantitative estimate of drug-likeness (QED) is 0.813. The lowest BCUT2D eigenvalue weighted by atomic mass is 10.3. The van der Waals surface area contributed by atoms with Gasteiger partial charge in [-0.3, -0.25) is 0 Å². The van der Waals surface area contributed by atoms with Crippen LogP contribution in [0.25, 0.3) is 0 Å². The average molecular weight is 231 g/mol. The number of hydrogen-bond acceptors (Lipinski definition) is 5. The number of hydrogen-bond donors (Lipinski definition) is 0. The van der Waals surface area contributed by atoms with Crippen molar-refractivity contribution in [2.45, 2.75) is 13.5 Å². The molecule has 0 unspecified atom stereocenters. The molecule has 5 heteroatoms. The number of nitrogens with zero attached hydrogens (tertiary/aromatic N) is 3. The minimum Gasteiger partial charge on any atom is -0.458 e. The van der Waals surface area contributed by atoms with Gasteiger partial charge in [-0.15, -0.1) is 11.3 Å². The highest BCUT2D eigenvalue weighted by Crippen LogP contribution is 2.12. The van der Waals surface area contributed by atoms with Crippen LogP contribution in [-0.2, 0) is 6.61 Å². The van der Waals surface area contributed by atoms with Crippen molar-refractivity contribution >= 4 is 11.3 Å². The molecule has 0 atom stereocenters. The summed E-state index contributed by atoms with van der Waals surface area (Å²) in [6, 6.07) is 7.79. The highest BCUT2D eigenvalue weighted by atomic mass is 32.1. The smallest absolute Gasteiger partial charge is 0.318 e. The van der Waals surface area contributed by atoms with Gasteiger partial charge in [-0.25, -0.2) is 4.98 Å². The first-order chi connectivity index (χ1) is 7.78. The van der Waals surface area contributed by atoms with Crippen LogP contribution in [0.2, 0.25) is 0 Å². The lowest BCUT2D eigenvalue weighted by molar-refractivity contribution is 0.283. The van der Waals surface area contributed by atoms with E-state index in [-0.39, 0.29) is 6.01 Å². The van der Waals surface area contributed by atoms with E-state index < -0.39 is 0 Å². The molecule has 0 aliphatic rings. The van der Waals surface area contributed by atoms with E-state index in [1.54, 1.807) is 24.3 Å². The molecule has 0 radical (unpaired) electrons. The molecule has 0 saturated carbocycles. The van der Waals surface area contributed by atoms with Crippen molar-refractivity contribution in [1.82, 2.24) is 9.97 Å². The SMILES string of the molecule is Cc1cc(C#N)nc(OCc2cccs2)n1. The summed E-state index contributed by atoms with van der Waals surface area (Å²) in [5.41, 5.74) is 1.06. The van der Waals surface area contributed by atoms with E-state index in [9.17, 15) is 0 Å². The van der Waals surface area contributed by atoms with E-state index >= 15 is 0 Å². The Kier molecular flexibility index (Phi) is 3.13. The summed E-state index contributed by atoms with van der Waals surface area (Å²) >= 11 is 1.61. The van der Waals surface area contributed by atoms with E-state index in [0.29, 0.717) is 12.3 Å². The molecule has 0 fully saturated rings. The van der Waals surface area contributed by atoms with Gasteiger partial charge < -0.3 is 4.74 Å². The molecule has 0 aromatic carbocycles. The number of aromatic nitrogens is 2. The van der Waals surface area contributed by atoms with Crippen molar-refractivity contribution in [2.75, 3.05) is 0 Å². The van der Waals surface area contributed by atoms with Gasteiger partial charge in [0.2, 0.25) is 0 Å². The van der Waals surface area contributed by atoms with Gasteiger partial charge in [0.1, 0.15) is 18.4 Å². The van der Waals surface area contributed by atoms with Crippen molar-refractivity contribution in [3.63, 3.8) is 0 Å². The molecule has 0 bridgehead atoms. The molecule has 0 aliphatic heterocycles. The number of nitriles is 1. The zero-order valence-electron chi connectivity index (χ0n) is 8.67. The van der Waals surface area contributed by atoms with Crippen LogP contribution < -0.4 is 4.74 Å². The lowest BCUT2D eigenvalue weighted by Gasteiger charge is -2.03. The van der Waals surface area contributed by atoms with Gasteiger partial charge in [0.05, 0.1) is 0 Å². The first kappa shape index (κ1) is 10.6. The van der Waals surface area contributed by atoms with Crippen LogP contribution in [0.15, 0.2) is 23.6 Å². The van der Waals surface area contributed by atoms with Crippen LogP contribution in [0.5, 0.6) is 6.01 Å². The van der Waals surface area contributed by atoms with E-state index in [4.69, 9.17) is 10.00 Å². The number of aryl methyl sites for hydroxylation is 1. The predicted molar refractivity (Wildman–Crippen MR) is 60.1 cm³/mol. The summed E-state index contributed by atoms with van der Waals surface area (Å²) < 4.78 is 5.41. The first-order valence-electron chi connectivity index (χ1n) is 4.69. The zero-order chi connectivity index (χ0) is 11.4. The number of thiophene rings is 1. The fraction of sp³-hybridized carbons (Fsp3) is 0.182. The molecule has 16 heavy (non-hydrogen) atoms. The Morgan fingerprint density at radius 3 is 3.06 bits per heavy atom. The minimum atomic E-state index is 0.255. The van der Waals surface area contributed by atoms with Gasteiger partial charge in [-0.05, 0) is 24.4 Å². The van der Waals surface area contributed by atoms with Gasteiger partial charge in [-0.2, -0.15) is 10.2 Å². The summed E-state index contributed by atoms with van der Waals surface area (Å²) in [5, 5.41) is 10.7. The monoisotopic (exact) mass is 231 g/mol. The molecule has 2 aromatic rings. The van der Waals surface area contributed by atoms with E-state index in [0.717, 1.165) is 10.6 Å². The maximum atomic E-state index is 8.74. The molecule has 2 heterocycles. The molecule has 0 aliphatic carbocycles. The summed E-state index contributed by atoms with van der Waals surface area (Å²) in [7, 11) is 0. The van der Waals surface area contributed by atoms with Crippen molar-refractivity contribution in [2.24, 2.45) is 0 Å².